The lowest BCUT2D eigenvalue weighted by Crippen LogP contribution is -2.67. The van der Waals surface area contributed by atoms with Gasteiger partial charge in [0.1, 0.15) is 0 Å². The molecule has 0 N–H and O–H groups in total. The van der Waals surface area contributed by atoms with E-state index < -0.39 is 8.32 Å². The molecule has 0 bridgehead atoms. The second-order valence-electron chi connectivity index (χ2n) is 9.88. The Morgan fingerprint density at radius 2 is 1.48 bits per heavy atom. The number of allylic oxidation sites excluding steroid dienone is 2. The summed E-state index contributed by atoms with van der Waals surface area (Å²) < 4.78 is 12.0. The Morgan fingerprint density at radius 3 is 1.94 bits per heavy atom. The van der Waals surface area contributed by atoms with Gasteiger partial charge in [0, 0.05) is 6.08 Å². The molecule has 0 fully saturated rings. The molecule has 0 amide bonds. The van der Waals surface area contributed by atoms with E-state index in [0.717, 1.165) is 19.3 Å². The standard InChI is InChI=1S/C29H40O3Si/c1-24(2)16-15-18-25(17-13-14-23-28(30)31-6)32-33(29(3,4)5,26-19-9-7-10-20-26)27-21-11-8-12-22-27/h7-12,14-15,18-25H,13,16-17H2,1-6H3. The van der Waals surface area contributed by atoms with Gasteiger partial charge in [-0.25, -0.2) is 4.79 Å². The molecule has 0 radical (unpaired) electrons. The zero-order valence-electron chi connectivity index (χ0n) is 21.1. The van der Waals surface area contributed by atoms with E-state index in [0.29, 0.717) is 5.92 Å². The van der Waals surface area contributed by atoms with Crippen LogP contribution in [0, 0.1) is 5.92 Å². The van der Waals surface area contributed by atoms with E-state index in [1.165, 1.54) is 23.6 Å². The first-order chi connectivity index (χ1) is 15.7. The van der Waals surface area contributed by atoms with Gasteiger partial charge < -0.3 is 9.16 Å². The van der Waals surface area contributed by atoms with Gasteiger partial charge in [0.25, 0.3) is 8.32 Å². The predicted molar refractivity (Wildman–Crippen MR) is 141 cm³/mol. The molecule has 2 rings (SSSR count). The lowest BCUT2D eigenvalue weighted by atomic mass is 10.1. The van der Waals surface area contributed by atoms with Crippen LogP contribution in [0.2, 0.25) is 5.04 Å². The quantitative estimate of drug-likeness (QED) is 0.176. The van der Waals surface area contributed by atoms with Crippen LogP contribution in [0.25, 0.3) is 0 Å². The number of hydrogen-bond donors (Lipinski definition) is 0. The summed E-state index contributed by atoms with van der Waals surface area (Å²) in [5, 5.41) is 2.47. The second-order valence-corrected chi connectivity index (χ2v) is 14.1. The summed E-state index contributed by atoms with van der Waals surface area (Å²) in [4.78, 5) is 11.5. The molecule has 0 saturated carbocycles. The summed E-state index contributed by atoms with van der Waals surface area (Å²) in [5.41, 5.74) is 0. The van der Waals surface area contributed by atoms with Crippen molar-refractivity contribution in [1.82, 2.24) is 0 Å². The molecule has 0 aliphatic heterocycles. The van der Waals surface area contributed by atoms with Crippen molar-refractivity contribution in [1.29, 1.82) is 0 Å². The van der Waals surface area contributed by atoms with Gasteiger partial charge in [0.05, 0.1) is 13.2 Å². The molecular weight excluding hydrogens is 424 g/mol. The highest BCUT2D eigenvalue weighted by Crippen LogP contribution is 2.38. The third-order valence-electron chi connectivity index (χ3n) is 5.78. The molecule has 2 aromatic carbocycles. The minimum absolute atomic E-state index is 0.0580. The number of esters is 1. The molecule has 0 aromatic heterocycles. The minimum Gasteiger partial charge on any atom is -0.466 e. The van der Waals surface area contributed by atoms with Crippen molar-refractivity contribution < 1.29 is 14.0 Å². The smallest absolute Gasteiger partial charge is 0.330 e. The molecule has 4 heteroatoms. The summed E-state index contributed by atoms with van der Waals surface area (Å²) >= 11 is 0. The molecule has 0 spiro atoms. The summed E-state index contributed by atoms with van der Waals surface area (Å²) in [6.07, 6.45) is 10.3. The van der Waals surface area contributed by atoms with E-state index in [1.807, 2.05) is 6.08 Å². The van der Waals surface area contributed by atoms with Crippen LogP contribution in [-0.4, -0.2) is 27.5 Å². The molecule has 33 heavy (non-hydrogen) atoms. The maximum atomic E-state index is 11.5. The molecule has 0 heterocycles. The van der Waals surface area contributed by atoms with Crippen LogP contribution < -0.4 is 10.4 Å². The summed E-state index contributed by atoms with van der Waals surface area (Å²) in [5.74, 6) is 0.267. The van der Waals surface area contributed by atoms with Crippen LogP contribution in [0.15, 0.2) is 85.0 Å². The predicted octanol–water partition coefficient (Wildman–Crippen LogP) is 6.04. The van der Waals surface area contributed by atoms with Crippen LogP contribution in [0.1, 0.15) is 53.9 Å². The van der Waals surface area contributed by atoms with Crippen molar-refractivity contribution in [3.63, 3.8) is 0 Å². The number of hydrogen-bond acceptors (Lipinski definition) is 3. The Hall–Kier alpha value is -2.43. The van der Waals surface area contributed by atoms with E-state index in [9.17, 15) is 4.79 Å². The van der Waals surface area contributed by atoms with Gasteiger partial charge in [-0.05, 0) is 40.6 Å². The molecular formula is C29H40O3Si. The zero-order valence-corrected chi connectivity index (χ0v) is 22.1. The molecule has 178 valence electrons. The van der Waals surface area contributed by atoms with E-state index in [1.54, 1.807) is 0 Å². The van der Waals surface area contributed by atoms with E-state index >= 15 is 0 Å². The highest BCUT2D eigenvalue weighted by molar-refractivity contribution is 6.99. The first kappa shape index (κ1) is 26.8. The number of rotatable bonds is 11. The molecule has 2 aromatic rings. The van der Waals surface area contributed by atoms with Crippen LogP contribution in [-0.2, 0) is 14.0 Å². The lowest BCUT2D eigenvalue weighted by Gasteiger charge is -2.44. The zero-order chi connectivity index (χ0) is 24.3. The average Bonchev–Trinajstić information content (AvgIpc) is 2.79. The lowest BCUT2D eigenvalue weighted by molar-refractivity contribution is -0.134. The van der Waals surface area contributed by atoms with Crippen molar-refractivity contribution in [2.75, 3.05) is 7.11 Å². The van der Waals surface area contributed by atoms with Crippen molar-refractivity contribution in [2.45, 2.75) is 65.0 Å². The number of carbonyl (C=O) groups is 1. The SMILES string of the molecule is COC(=O)C=CCCC(C=CCC(C)C)O[Si](c1ccccc1)(c1ccccc1)C(C)(C)C. The minimum atomic E-state index is -2.65. The maximum Gasteiger partial charge on any atom is 0.330 e. The number of ether oxygens (including phenoxy) is 1. The molecule has 0 aliphatic carbocycles. The Morgan fingerprint density at radius 1 is 0.939 bits per heavy atom. The topological polar surface area (TPSA) is 35.5 Å². The first-order valence-electron chi connectivity index (χ1n) is 11.9. The largest absolute Gasteiger partial charge is 0.466 e. The van der Waals surface area contributed by atoms with E-state index in [2.05, 4.69) is 107 Å². The molecule has 3 nitrogen and oxygen atoms in total. The van der Waals surface area contributed by atoms with Crippen molar-refractivity contribution >= 4 is 24.7 Å². The van der Waals surface area contributed by atoms with E-state index in [-0.39, 0.29) is 17.1 Å². The van der Waals surface area contributed by atoms with Gasteiger partial charge in [0.15, 0.2) is 0 Å². The van der Waals surface area contributed by atoms with Crippen molar-refractivity contribution in [3.8, 4) is 0 Å². The fourth-order valence-corrected chi connectivity index (χ4v) is 8.79. The molecule has 1 unspecified atom stereocenters. The van der Waals surface area contributed by atoms with E-state index in [4.69, 9.17) is 9.16 Å². The molecule has 1 atom stereocenters. The van der Waals surface area contributed by atoms with Gasteiger partial charge in [-0.15, -0.1) is 0 Å². The number of carbonyl (C=O) groups excluding carboxylic acids is 1. The van der Waals surface area contributed by atoms with Gasteiger partial charge in [0.2, 0.25) is 0 Å². The Balaban J connectivity index is 2.50. The fraction of sp³-hybridized carbons (Fsp3) is 0.414. The second kappa shape index (κ2) is 12.7. The van der Waals surface area contributed by atoms with Crippen molar-refractivity contribution in [2.24, 2.45) is 5.92 Å². The fourth-order valence-electron chi connectivity index (χ4n) is 4.12. The third kappa shape index (κ3) is 7.55. The van der Waals surface area contributed by atoms with Gasteiger partial charge in [-0.1, -0.05) is 114 Å². The summed E-state index contributed by atoms with van der Waals surface area (Å²) in [6.45, 7) is 11.3. The van der Waals surface area contributed by atoms with Gasteiger partial charge >= 0.3 is 5.97 Å². The molecule has 0 aliphatic rings. The average molecular weight is 465 g/mol. The highest BCUT2D eigenvalue weighted by atomic mass is 28.4. The number of methoxy groups -OCH3 is 1. The van der Waals surface area contributed by atoms with Crippen LogP contribution >= 0.6 is 0 Å². The highest BCUT2D eigenvalue weighted by Gasteiger charge is 2.51. The Bertz CT molecular complexity index is 856. The van der Waals surface area contributed by atoms with Crippen molar-refractivity contribution in [3.05, 3.63) is 85.0 Å². The summed E-state index contributed by atoms with van der Waals surface area (Å²) in [6, 6.07) is 21.4. The summed E-state index contributed by atoms with van der Waals surface area (Å²) in [7, 11) is -1.25. The Labute approximate surface area is 201 Å². The normalized spacial score (nSPS) is 13.7. The van der Waals surface area contributed by atoms with Gasteiger partial charge in [-0.2, -0.15) is 0 Å². The van der Waals surface area contributed by atoms with Crippen LogP contribution in [0.5, 0.6) is 0 Å². The van der Waals surface area contributed by atoms with Crippen LogP contribution in [0.3, 0.4) is 0 Å². The maximum absolute atomic E-state index is 11.5. The number of benzene rings is 2. The Kier molecular flexibility index (Phi) is 10.3. The first-order valence-corrected chi connectivity index (χ1v) is 13.8. The molecule has 0 saturated heterocycles. The van der Waals surface area contributed by atoms with Gasteiger partial charge in [-0.3, -0.25) is 0 Å². The monoisotopic (exact) mass is 464 g/mol. The van der Waals surface area contributed by atoms with Crippen LogP contribution in [0.4, 0.5) is 0 Å². The third-order valence-corrected chi connectivity index (χ3v) is 10.8.